The van der Waals surface area contributed by atoms with E-state index in [1.807, 2.05) is 28.8 Å². The molecule has 0 atom stereocenters. The Bertz CT molecular complexity index is 1290. The topological polar surface area (TPSA) is 71.8 Å². The van der Waals surface area contributed by atoms with Gasteiger partial charge in [-0.3, -0.25) is 0 Å². The molecule has 0 aliphatic carbocycles. The molecule has 2 aromatic carbocycles. The number of halogens is 2. The number of carbonyl (C=O) groups excluding carboxylic acids is 1. The highest BCUT2D eigenvalue weighted by atomic mass is 32.1. The first kappa shape index (κ1) is 19.4. The van der Waals surface area contributed by atoms with E-state index in [9.17, 15) is 13.6 Å². The standard InChI is InChI=1S/C21H17F2N5O2S/c1-30-14-5-2-12(3-6-14)19-25-21-28(26-19)17-8-9-27(11-18(17)31-21)20(29)24-16-7-4-13(22)10-15(16)23/h2-7,10H,8-9,11H2,1H3,(H,24,29). The summed E-state index contributed by atoms with van der Waals surface area (Å²) in [5.41, 5.74) is 1.86. The Balaban J connectivity index is 1.34. The second-order valence-corrected chi connectivity index (χ2v) is 8.12. The van der Waals surface area contributed by atoms with Crippen LogP contribution in [0.2, 0.25) is 0 Å². The fourth-order valence-corrected chi connectivity index (χ4v) is 4.63. The molecule has 0 unspecified atom stereocenters. The number of carbonyl (C=O) groups is 1. The van der Waals surface area contributed by atoms with Crippen LogP contribution in [0.5, 0.6) is 5.75 Å². The highest BCUT2D eigenvalue weighted by Gasteiger charge is 2.26. The predicted molar refractivity (Wildman–Crippen MR) is 112 cm³/mol. The summed E-state index contributed by atoms with van der Waals surface area (Å²) in [5, 5.41) is 7.15. The largest absolute Gasteiger partial charge is 0.497 e. The van der Waals surface area contributed by atoms with Crippen molar-refractivity contribution in [3.63, 3.8) is 0 Å². The molecule has 158 valence electrons. The predicted octanol–water partition coefficient (Wildman–Crippen LogP) is 4.33. The van der Waals surface area contributed by atoms with E-state index >= 15 is 0 Å². The summed E-state index contributed by atoms with van der Waals surface area (Å²) < 4.78 is 33.9. The van der Waals surface area contributed by atoms with E-state index < -0.39 is 17.7 Å². The molecule has 1 aliphatic heterocycles. The Hall–Kier alpha value is -3.53. The normalized spacial score (nSPS) is 13.3. The Kier molecular flexibility index (Phi) is 4.78. The van der Waals surface area contributed by atoms with Crippen LogP contribution in [0.3, 0.4) is 0 Å². The van der Waals surface area contributed by atoms with E-state index in [0.717, 1.165) is 39.0 Å². The summed E-state index contributed by atoms with van der Waals surface area (Å²) in [5.74, 6) is -0.109. The smallest absolute Gasteiger partial charge is 0.322 e. The molecule has 5 rings (SSSR count). The average Bonchev–Trinajstić information content (AvgIpc) is 3.33. The molecular weight excluding hydrogens is 424 g/mol. The van der Waals surface area contributed by atoms with E-state index in [1.165, 1.54) is 17.4 Å². The lowest BCUT2D eigenvalue weighted by molar-refractivity contribution is 0.206. The van der Waals surface area contributed by atoms with Gasteiger partial charge in [0.15, 0.2) is 5.82 Å². The molecular formula is C21H17F2N5O2S. The quantitative estimate of drug-likeness (QED) is 0.514. The van der Waals surface area contributed by atoms with Gasteiger partial charge in [0.05, 0.1) is 25.0 Å². The SMILES string of the molecule is COc1ccc(-c2nc3sc4c(n3n2)CCN(C(=O)Nc2ccc(F)cc2F)C4)cc1. The molecule has 1 aliphatic rings. The van der Waals surface area contributed by atoms with Crippen LogP contribution in [0.1, 0.15) is 10.6 Å². The van der Waals surface area contributed by atoms with Gasteiger partial charge in [-0.25, -0.2) is 18.1 Å². The maximum Gasteiger partial charge on any atom is 0.322 e. The maximum absolute atomic E-state index is 13.8. The van der Waals surface area contributed by atoms with Crippen LogP contribution in [0, 0.1) is 11.6 Å². The third-order valence-electron chi connectivity index (χ3n) is 5.13. The fourth-order valence-electron chi connectivity index (χ4n) is 3.51. The van der Waals surface area contributed by atoms with E-state index in [1.54, 1.807) is 12.0 Å². The monoisotopic (exact) mass is 441 g/mol. The van der Waals surface area contributed by atoms with Crippen molar-refractivity contribution >= 4 is 28.0 Å². The van der Waals surface area contributed by atoms with Gasteiger partial charge in [-0.15, -0.1) is 5.10 Å². The van der Waals surface area contributed by atoms with E-state index in [0.29, 0.717) is 25.3 Å². The molecule has 2 aromatic heterocycles. The molecule has 2 amide bonds. The van der Waals surface area contributed by atoms with Crippen molar-refractivity contribution < 1.29 is 18.3 Å². The van der Waals surface area contributed by atoms with Gasteiger partial charge in [0.2, 0.25) is 4.96 Å². The minimum atomic E-state index is -0.809. The molecule has 10 heteroatoms. The van der Waals surface area contributed by atoms with Crippen molar-refractivity contribution in [1.82, 2.24) is 19.5 Å². The number of thiazole rings is 1. The maximum atomic E-state index is 13.8. The van der Waals surface area contributed by atoms with Crippen LogP contribution in [0.25, 0.3) is 16.3 Å². The zero-order valence-corrected chi connectivity index (χ0v) is 17.2. The molecule has 0 spiro atoms. The first-order valence-corrected chi connectivity index (χ1v) is 10.4. The number of anilines is 1. The minimum absolute atomic E-state index is 0.0519. The molecule has 31 heavy (non-hydrogen) atoms. The zero-order valence-electron chi connectivity index (χ0n) is 16.4. The first-order valence-electron chi connectivity index (χ1n) is 9.54. The number of aromatic nitrogens is 3. The Morgan fingerprint density at radius 1 is 1.19 bits per heavy atom. The van der Waals surface area contributed by atoms with Gasteiger partial charge in [-0.2, -0.15) is 4.98 Å². The van der Waals surface area contributed by atoms with Crippen LogP contribution in [0.4, 0.5) is 19.3 Å². The van der Waals surface area contributed by atoms with E-state index in [-0.39, 0.29) is 5.69 Å². The second kappa shape index (κ2) is 7.62. The Morgan fingerprint density at radius 3 is 2.74 bits per heavy atom. The number of nitrogens with one attached hydrogen (secondary N) is 1. The van der Waals surface area contributed by atoms with Crippen molar-refractivity contribution in [2.45, 2.75) is 13.0 Å². The van der Waals surface area contributed by atoms with E-state index in [4.69, 9.17) is 4.74 Å². The van der Waals surface area contributed by atoms with Crippen molar-refractivity contribution in [3.05, 3.63) is 64.7 Å². The van der Waals surface area contributed by atoms with Crippen molar-refractivity contribution in [2.75, 3.05) is 19.0 Å². The zero-order chi connectivity index (χ0) is 21.5. The fraction of sp³-hybridized carbons (Fsp3) is 0.190. The average molecular weight is 441 g/mol. The number of nitrogens with zero attached hydrogens (tertiary/aromatic N) is 4. The molecule has 0 radical (unpaired) electrons. The lowest BCUT2D eigenvalue weighted by atomic mass is 10.2. The van der Waals surface area contributed by atoms with Gasteiger partial charge < -0.3 is 15.0 Å². The second-order valence-electron chi connectivity index (χ2n) is 7.06. The number of ether oxygens (including phenoxy) is 1. The van der Waals surface area contributed by atoms with Gasteiger partial charge in [0.25, 0.3) is 0 Å². The number of methoxy groups -OCH3 is 1. The molecule has 7 nitrogen and oxygen atoms in total. The van der Waals surface area contributed by atoms with Gasteiger partial charge in [-0.05, 0) is 36.4 Å². The molecule has 1 N–H and O–H groups in total. The number of hydrogen-bond donors (Lipinski definition) is 1. The summed E-state index contributed by atoms with van der Waals surface area (Å²) in [4.78, 5) is 20.5. The Labute approximate surface area is 179 Å². The number of amides is 2. The lowest BCUT2D eigenvalue weighted by Gasteiger charge is -2.26. The van der Waals surface area contributed by atoms with Gasteiger partial charge >= 0.3 is 6.03 Å². The van der Waals surface area contributed by atoms with Crippen molar-refractivity contribution in [2.24, 2.45) is 0 Å². The highest BCUT2D eigenvalue weighted by Crippen LogP contribution is 2.30. The van der Waals surface area contributed by atoms with Crippen molar-refractivity contribution in [1.29, 1.82) is 0 Å². The number of rotatable bonds is 3. The van der Waals surface area contributed by atoms with Crippen LogP contribution in [0.15, 0.2) is 42.5 Å². The summed E-state index contributed by atoms with van der Waals surface area (Å²) >= 11 is 1.47. The highest BCUT2D eigenvalue weighted by molar-refractivity contribution is 7.17. The molecule has 3 heterocycles. The number of fused-ring (bicyclic) bond motifs is 3. The summed E-state index contributed by atoms with van der Waals surface area (Å²) in [6.07, 6.45) is 0.597. The number of benzene rings is 2. The first-order chi connectivity index (χ1) is 15.0. The molecule has 0 saturated carbocycles. The summed E-state index contributed by atoms with van der Waals surface area (Å²) in [6.45, 7) is 0.822. The van der Waals surface area contributed by atoms with Gasteiger partial charge in [0, 0.05) is 29.5 Å². The van der Waals surface area contributed by atoms with E-state index in [2.05, 4.69) is 15.4 Å². The molecule has 0 fully saturated rings. The van der Waals surface area contributed by atoms with Crippen LogP contribution in [-0.4, -0.2) is 39.2 Å². The Morgan fingerprint density at radius 2 is 2.00 bits per heavy atom. The van der Waals surface area contributed by atoms with Gasteiger partial charge in [0.1, 0.15) is 17.4 Å². The number of urea groups is 1. The van der Waals surface area contributed by atoms with Crippen molar-refractivity contribution in [3.8, 4) is 17.1 Å². The van der Waals surface area contributed by atoms with Gasteiger partial charge in [-0.1, -0.05) is 11.3 Å². The summed E-state index contributed by atoms with van der Waals surface area (Å²) in [6, 6.07) is 10.2. The number of hydrogen-bond acceptors (Lipinski definition) is 5. The summed E-state index contributed by atoms with van der Waals surface area (Å²) in [7, 11) is 1.62. The van der Waals surface area contributed by atoms with Crippen LogP contribution < -0.4 is 10.1 Å². The third kappa shape index (κ3) is 3.59. The molecule has 0 bridgehead atoms. The van der Waals surface area contributed by atoms with Crippen LogP contribution in [-0.2, 0) is 13.0 Å². The minimum Gasteiger partial charge on any atom is -0.497 e. The molecule has 0 saturated heterocycles. The lowest BCUT2D eigenvalue weighted by Crippen LogP contribution is -2.38. The third-order valence-corrected chi connectivity index (χ3v) is 6.19. The van der Waals surface area contributed by atoms with Crippen LogP contribution >= 0.6 is 11.3 Å². The molecule has 4 aromatic rings.